The molecule has 0 bridgehead atoms. The number of hydrogen-bond donors (Lipinski definition) is 1. The number of carbonyl (C=O) groups is 1. The number of amides is 1. The van der Waals surface area contributed by atoms with Crippen LogP contribution in [-0.4, -0.2) is 31.2 Å². The minimum Gasteiger partial charge on any atom is -0.352 e. The molecular weight excluding hydrogens is 322 g/mol. The Morgan fingerprint density at radius 1 is 1.04 bits per heavy atom. The van der Waals surface area contributed by atoms with Crippen LogP contribution in [0.2, 0.25) is 0 Å². The van der Waals surface area contributed by atoms with Crippen molar-refractivity contribution in [2.75, 3.05) is 19.5 Å². The molecule has 1 amide bonds. The number of anilines is 1. The highest BCUT2D eigenvalue weighted by Gasteiger charge is 2.40. The molecule has 0 heterocycles. The molecule has 2 aromatic rings. The molecule has 1 unspecified atom stereocenters. The van der Waals surface area contributed by atoms with Crippen LogP contribution < -0.4 is 5.32 Å². The highest BCUT2D eigenvalue weighted by Crippen LogP contribution is 2.33. The van der Waals surface area contributed by atoms with Gasteiger partial charge < -0.3 is 14.8 Å². The lowest BCUT2D eigenvalue weighted by atomic mass is 10.2. The van der Waals surface area contributed by atoms with Crippen LogP contribution in [0.5, 0.6) is 0 Å². The van der Waals surface area contributed by atoms with Gasteiger partial charge in [0.2, 0.25) is 5.91 Å². The maximum atomic E-state index is 12.9. The summed E-state index contributed by atoms with van der Waals surface area (Å²) < 4.78 is 11.0. The standard InChI is InChI=1S/C19H23NO3S/c1-14-10-12-15(13-11-14)20-18(21)17(19(2,22-3)23-4)24-16-8-6-5-7-9-16/h5-13,17H,1-4H3,(H,20,21). The van der Waals surface area contributed by atoms with Gasteiger partial charge in [-0.05, 0) is 38.1 Å². The van der Waals surface area contributed by atoms with Crippen molar-refractivity contribution >= 4 is 23.4 Å². The molecule has 128 valence electrons. The van der Waals surface area contributed by atoms with E-state index in [2.05, 4.69) is 5.32 Å². The van der Waals surface area contributed by atoms with Crippen LogP contribution in [0.3, 0.4) is 0 Å². The Hall–Kier alpha value is -1.82. The van der Waals surface area contributed by atoms with E-state index in [4.69, 9.17) is 9.47 Å². The average Bonchev–Trinajstić information content (AvgIpc) is 2.62. The lowest BCUT2D eigenvalue weighted by Crippen LogP contribution is -2.48. The normalized spacial score (nSPS) is 12.7. The largest absolute Gasteiger partial charge is 0.352 e. The summed E-state index contributed by atoms with van der Waals surface area (Å²) in [5.41, 5.74) is 1.89. The lowest BCUT2D eigenvalue weighted by Gasteiger charge is -2.33. The molecule has 0 aliphatic heterocycles. The van der Waals surface area contributed by atoms with Crippen LogP contribution in [0.15, 0.2) is 59.5 Å². The molecule has 2 aromatic carbocycles. The number of ether oxygens (including phenoxy) is 2. The smallest absolute Gasteiger partial charge is 0.243 e. The van der Waals surface area contributed by atoms with E-state index in [9.17, 15) is 4.79 Å². The van der Waals surface area contributed by atoms with Crippen molar-refractivity contribution in [3.8, 4) is 0 Å². The second-order valence-electron chi connectivity index (χ2n) is 5.59. The molecule has 0 saturated heterocycles. The molecule has 2 rings (SSSR count). The number of thioether (sulfide) groups is 1. The number of benzene rings is 2. The lowest BCUT2D eigenvalue weighted by molar-refractivity contribution is -0.192. The summed E-state index contributed by atoms with van der Waals surface area (Å²) in [6, 6.07) is 17.4. The molecule has 0 saturated carbocycles. The number of aryl methyl sites for hydroxylation is 1. The molecule has 0 spiro atoms. The summed E-state index contributed by atoms with van der Waals surface area (Å²) in [5, 5.41) is 2.37. The predicted molar refractivity (Wildman–Crippen MR) is 98.3 cm³/mol. The molecule has 1 atom stereocenters. The third-order valence-corrected chi connectivity index (χ3v) is 5.26. The highest BCUT2D eigenvalue weighted by molar-refractivity contribution is 8.00. The number of hydrogen-bond acceptors (Lipinski definition) is 4. The Morgan fingerprint density at radius 2 is 1.62 bits per heavy atom. The molecular formula is C19H23NO3S. The summed E-state index contributed by atoms with van der Waals surface area (Å²) in [6.45, 7) is 3.77. The van der Waals surface area contributed by atoms with Gasteiger partial charge in [0.25, 0.3) is 0 Å². The quantitative estimate of drug-likeness (QED) is 0.606. The number of methoxy groups -OCH3 is 2. The van der Waals surface area contributed by atoms with Crippen LogP contribution in [0.25, 0.3) is 0 Å². The molecule has 0 aliphatic carbocycles. The van der Waals surface area contributed by atoms with E-state index in [1.165, 1.54) is 11.8 Å². The Morgan fingerprint density at radius 3 is 2.17 bits per heavy atom. The van der Waals surface area contributed by atoms with E-state index in [1.807, 2.05) is 61.5 Å². The van der Waals surface area contributed by atoms with E-state index in [1.54, 1.807) is 21.1 Å². The second kappa shape index (κ2) is 8.33. The summed E-state index contributed by atoms with van der Waals surface area (Å²) >= 11 is 1.41. The van der Waals surface area contributed by atoms with Crippen molar-refractivity contribution in [2.24, 2.45) is 0 Å². The summed E-state index contributed by atoms with van der Waals surface area (Å²) in [4.78, 5) is 13.8. The minimum atomic E-state index is -1.05. The zero-order valence-corrected chi connectivity index (χ0v) is 15.2. The van der Waals surface area contributed by atoms with E-state index in [0.29, 0.717) is 0 Å². The van der Waals surface area contributed by atoms with Crippen molar-refractivity contribution in [1.29, 1.82) is 0 Å². The van der Waals surface area contributed by atoms with Crippen LogP contribution in [0.4, 0.5) is 5.69 Å². The first-order valence-corrected chi connectivity index (χ1v) is 8.56. The van der Waals surface area contributed by atoms with Gasteiger partial charge in [-0.3, -0.25) is 4.79 Å². The van der Waals surface area contributed by atoms with Crippen LogP contribution in [-0.2, 0) is 14.3 Å². The fraction of sp³-hybridized carbons (Fsp3) is 0.316. The molecule has 0 fully saturated rings. The fourth-order valence-electron chi connectivity index (χ4n) is 2.18. The van der Waals surface area contributed by atoms with Gasteiger partial charge in [0.1, 0.15) is 5.25 Å². The predicted octanol–water partition coefficient (Wildman–Crippen LogP) is 4.10. The Kier molecular flexibility index (Phi) is 6.43. The van der Waals surface area contributed by atoms with Gasteiger partial charge in [-0.25, -0.2) is 0 Å². The molecule has 4 nitrogen and oxygen atoms in total. The first-order valence-electron chi connectivity index (χ1n) is 7.68. The topological polar surface area (TPSA) is 47.6 Å². The number of rotatable bonds is 7. The third kappa shape index (κ3) is 4.60. The van der Waals surface area contributed by atoms with Crippen LogP contribution in [0.1, 0.15) is 12.5 Å². The molecule has 0 radical (unpaired) electrons. The zero-order valence-electron chi connectivity index (χ0n) is 14.4. The first-order chi connectivity index (χ1) is 11.5. The average molecular weight is 345 g/mol. The van der Waals surface area contributed by atoms with E-state index < -0.39 is 11.0 Å². The van der Waals surface area contributed by atoms with Crippen LogP contribution >= 0.6 is 11.8 Å². The Balaban J connectivity index is 2.23. The first kappa shape index (κ1) is 18.5. The van der Waals surface area contributed by atoms with Crippen molar-refractivity contribution in [3.63, 3.8) is 0 Å². The fourth-order valence-corrected chi connectivity index (χ4v) is 3.33. The minimum absolute atomic E-state index is 0.168. The summed E-state index contributed by atoms with van der Waals surface area (Å²) in [7, 11) is 3.09. The van der Waals surface area contributed by atoms with Crippen molar-refractivity contribution in [3.05, 3.63) is 60.2 Å². The number of nitrogens with one attached hydrogen (secondary N) is 1. The van der Waals surface area contributed by atoms with Gasteiger partial charge >= 0.3 is 0 Å². The molecule has 0 aliphatic rings. The Bertz CT molecular complexity index is 654. The molecule has 1 N–H and O–H groups in total. The van der Waals surface area contributed by atoms with Gasteiger partial charge in [0, 0.05) is 24.8 Å². The summed E-state index contributed by atoms with van der Waals surface area (Å²) in [5.74, 6) is -1.21. The van der Waals surface area contributed by atoms with E-state index in [-0.39, 0.29) is 5.91 Å². The van der Waals surface area contributed by atoms with Gasteiger partial charge in [0.05, 0.1) is 0 Å². The number of carbonyl (C=O) groups excluding carboxylic acids is 1. The van der Waals surface area contributed by atoms with Crippen molar-refractivity contribution < 1.29 is 14.3 Å². The molecule has 24 heavy (non-hydrogen) atoms. The van der Waals surface area contributed by atoms with Gasteiger partial charge in [-0.1, -0.05) is 35.9 Å². The third-order valence-electron chi connectivity index (χ3n) is 3.84. The van der Waals surface area contributed by atoms with Crippen molar-refractivity contribution in [2.45, 2.75) is 29.8 Å². The molecule has 0 aromatic heterocycles. The monoisotopic (exact) mass is 345 g/mol. The second-order valence-corrected chi connectivity index (χ2v) is 6.77. The summed E-state index contributed by atoms with van der Waals surface area (Å²) in [6.07, 6.45) is 0. The van der Waals surface area contributed by atoms with Crippen LogP contribution in [0, 0.1) is 6.92 Å². The maximum absolute atomic E-state index is 12.9. The molecule has 5 heteroatoms. The van der Waals surface area contributed by atoms with Gasteiger partial charge in [0.15, 0.2) is 5.79 Å². The van der Waals surface area contributed by atoms with Crippen molar-refractivity contribution in [1.82, 2.24) is 0 Å². The maximum Gasteiger partial charge on any atom is 0.243 e. The van der Waals surface area contributed by atoms with Gasteiger partial charge in [-0.2, -0.15) is 0 Å². The highest BCUT2D eigenvalue weighted by atomic mass is 32.2. The SMILES string of the molecule is COC(C)(OC)C(Sc1ccccc1)C(=O)Nc1ccc(C)cc1. The van der Waals surface area contributed by atoms with Gasteiger partial charge in [-0.15, -0.1) is 11.8 Å². The van der Waals surface area contributed by atoms with E-state index >= 15 is 0 Å². The van der Waals surface area contributed by atoms with E-state index in [0.717, 1.165) is 16.1 Å². The zero-order chi connectivity index (χ0) is 17.6. The Labute approximate surface area is 147 Å².